The van der Waals surface area contributed by atoms with E-state index in [1.54, 1.807) is 18.3 Å². The predicted molar refractivity (Wildman–Crippen MR) is 111 cm³/mol. The first-order valence-electron chi connectivity index (χ1n) is 9.90. The Morgan fingerprint density at radius 1 is 1.14 bits per heavy atom. The first-order chi connectivity index (χ1) is 13.7. The Labute approximate surface area is 167 Å². The molecule has 0 unspecified atom stereocenters. The zero-order valence-electron chi connectivity index (χ0n) is 16.4. The number of hydrogen-bond acceptors (Lipinski definition) is 5. The van der Waals surface area contributed by atoms with E-state index in [-0.39, 0.29) is 5.91 Å². The van der Waals surface area contributed by atoms with Crippen LogP contribution in [-0.2, 0) is 4.79 Å². The van der Waals surface area contributed by atoms with Crippen LogP contribution in [0.25, 0.3) is 0 Å². The second-order valence-electron chi connectivity index (χ2n) is 6.96. The van der Waals surface area contributed by atoms with Crippen molar-refractivity contribution in [1.29, 1.82) is 5.26 Å². The SMILES string of the molecule is CCCCN(CC(=O)N1CCN(c2ncccc2C#N)CC1)c1ccccc1. The number of pyridine rings is 1. The van der Waals surface area contributed by atoms with Gasteiger partial charge in [0.2, 0.25) is 5.91 Å². The normalized spacial score (nSPS) is 13.9. The molecule has 0 radical (unpaired) electrons. The Balaban J connectivity index is 1.60. The van der Waals surface area contributed by atoms with Gasteiger partial charge in [0, 0.05) is 44.6 Å². The molecule has 2 aromatic rings. The van der Waals surface area contributed by atoms with Gasteiger partial charge in [-0.05, 0) is 30.7 Å². The summed E-state index contributed by atoms with van der Waals surface area (Å²) in [5.74, 6) is 0.868. The van der Waals surface area contributed by atoms with Gasteiger partial charge >= 0.3 is 0 Å². The molecule has 0 N–H and O–H groups in total. The molecule has 1 aliphatic heterocycles. The maximum absolute atomic E-state index is 12.9. The largest absolute Gasteiger partial charge is 0.362 e. The average molecular weight is 377 g/mol. The second-order valence-corrected chi connectivity index (χ2v) is 6.96. The molecule has 1 aromatic carbocycles. The standard InChI is InChI=1S/C22H27N5O/c1-2-3-12-27(20-9-5-4-6-10-20)18-21(28)25-13-15-26(16-14-25)22-19(17-23)8-7-11-24-22/h4-11H,2-3,12-16,18H2,1H3. The molecule has 1 amide bonds. The molecule has 28 heavy (non-hydrogen) atoms. The lowest BCUT2D eigenvalue weighted by Crippen LogP contribution is -2.51. The van der Waals surface area contributed by atoms with Crippen molar-refractivity contribution >= 4 is 17.4 Å². The van der Waals surface area contributed by atoms with Gasteiger partial charge in [-0.1, -0.05) is 31.5 Å². The third-order valence-electron chi connectivity index (χ3n) is 5.07. The van der Waals surface area contributed by atoms with Crippen LogP contribution in [0.3, 0.4) is 0 Å². The summed E-state index contributed by atoms with van der Waals surface area (Å²) in [7, 11) is 0. The second kappa shape index (κ2) is 9.75. The number of nitrogens with zero attached hydrogens (tertiary/aromatic N) is 5. The number of para-hydroxylation sites is 1. The van der Waals surface area contributed by atoms with E-state index >= 15 is 0 Å². The van der Waals surface area contributed by atoms with E-state index in [0.29, 0.717) is 44.1 Å². The minimum Gasteiger partial charge on any atom is -0.362 e. The number of nitriles is 1. The molecule has 1 fully saturated rings. The van der Waals surface area contributed by atoms with Crippen LogP contribution in [0.15, 0.2) is 48.7 Å². The molecule has 0 bridgehead atoms. The third kappa shape index (κ3) is 4.80. The van der Waals surface area contributed by atoms with Crippen molar-refractivity contribution in [2.24, 2.45) is 0 Å². The molecule has 1 saturated heterocycles. The van der Waals surface area contributed by atoms with Gasteiger partial charge in [-0.2, -0.15) is 5.26 Å². The van der Waals surface area contributed by atoms with Crippen LogP contribution in [-0.4, -0.2) is 55.1 Å². The van der Waals surface area contributed by atoms with Crippen molar-refractivity contribution in [3.63, 3.8) is 0 Å². The summed E-state index contributed by atoms with van der Waals surface area (Å²) in [4.78, 5) is 23.5. The van der Waals surface area contributed by atoms with Gasteiger partial charge in [0.15, 0.2) is 0 Å². The molecule has 1 aliphatic rings. The fourth-order valence-electron chi connectivity index (χ4n) is 3.45. The summed E-state index contributed by atoms with van der Waals surface area (Å²) < 4.78 is 0. The van der Waals surface area contributed by atoms with Gasteiger partial charge in [0.25, 0.3) is 0 Å². The predicted octanol–water partition coefficient (Wildman–Crippen LogP) is 2.91. The lowest BCUT2D eigenvalue weighted by Gasteiger charge is -2.37. The summed E-state index contributed by atoms with van der Waals surface area (Å²) in [6.07, 6.45) is 3.87. The maximum Gasteiger partial charge on any atom is 0.242 e. The Hall–Kier alpha value is -3.07. The lowest BCUT2D eigenvalue weighted by atomic mass is 10.2. The van der Waals surface area contributed by atoms with Crippen molar-refractivity contribution in [2.45, 2.75) is 19.8 Å². The molecule has 6 nitrogen and oxygen atoms in total. The van der Waals surface area contributed by atoms with Gasteiger partial charge in [0.1, 0.15) is 11.9 Å². The summed E-state index contributed by atoms with van der Waals surface area (Å²) in [5.41, 5.74) is 1.67. The van der Waals surface area contributed by atoms with Gasteiger partial charge in [-0.3, -0.25) is 4.79 Å². The number of carbonyl (C=O) groups excluding carboxylic acids is 1. The van der Waals surface area contributed by atoms with Crippen LogP contribution >= 0.6 is 0 Å². The molecule has 146 valence electrons. The van der Waals surface area contributed by atoms with Crippen LogP contribution in [0.1, 0.15) is 25.3 Å². The summed E-state index contributed by atoms with van der Waals surface area (Å²) >= 11 is 0. The first kappa shape index (κ1) is 19.7. The molecule has 0 saturated carbocycles. The first-order valence-corrected chi connectivity index (χ1v) is 9.90. The van der Waals surface area contributed by atoms with E-state index in [0.717, 1.165) is 25.1 Å². The van der Waals surface area contributed by atoms with Crippen LogP contribution in [0.2, 0.25) is 0 Å². The number of rotatable bonds is 7. The average Bonchev–Trinajstić information content (AvgIpc) is 2.77. The number of benzene rings is 1. The molecule has 0 spiro atoms. The Kier molecular flexibility index (Phi) is 6.85. The maximum atomic E-state index is 12.9. The van der Waals surface area contributed by atoms with E-state index in [1.165, 1.54) is 0 Å². The zero-order valence-corrected chi connectivity index (χ0v) is 16.4. The van der Waals surface area contributed by atoms with Crippen LogP contribution < -0.4 is 9.80 Å². The fraction of sp³-hybridized carbons (Fsp3) is 0.409. The topological polar surface area (TPSA) is 63.5 Å². The van der Waals surface area contributed by atoms with Gasteiger partial charge in [0.05, 0.1) is 12.1 Å². The molecule has 0 atom stereocenters. The number of piperazine rings is 1. The van der Waals surface area contributed by atoms with Gasteiger partial charge in [-0.25, -0.2) is 4.98 Å². The number of unbranched alkanes of at least 4 members (excludes halogenated alkanes) is 1. The van der Waals surface area contributed by atoms with Gasteiger partial charge < -0.3 is 14.7 Å². The molecular weight excluding hydrogens is 350 g/mol. The van der Waals surface area contributed by atoms with E-state index in [1.807, 2.05) is 23.1 Å². The van der Waals surface area contributed by atoms with Crippen molar-refractivity contribution in [3.05, 3.63) is 54.2 Å². The van der Waals surface area contributed by atoms with Crippen molar-refractivity contribution in [1.82, 2.24) is 9.88 Å². The molecular formula is C22H27N5O. The molecule has 1 aromatic heterocycles. The monoisotopic (exact) mass is 377 g/mol. The minimum absolute atomic E-state index is 0.154. The highest BCUT2D eigenvalue weighted by Gasteiger charge is 2.24. The highest BCUT2D eigenvalue weighted by molar-refractivity contribution is 5.81. The lowest BCUT2D eigenvalue weighted by molar-refractivity contribution is -0.130. The number of anilines is 2. The van der Waals surface area contributed by atoms with Gasteiger partial charge in [-0.15, -0.1) is 0 Å². The van der Waals surface area contributed by atoms with Crippen LogP contribution in [0, 0.1) is 11.3 Å². The smallest absolute Gasteiger partial charge is 0.242 e. The van der Waals surface area contributed by atoms with Crippen molar-refractivity contribution in [2.75, 3.05) is 49.1 Å². The van der Waals surface area contributed by atoms with E-state index < -0.39 is 0 Å². The van der Waals surface area contributed by atoms with E-state index in [2.05, 4.69) is 39.9 Å². The summed E-state index contributed by atoms with van der Waals surface area (Å²) in [5, 5.41) is 9.28. The zero-order chi connectivity index (χ0) is 19.8. The Morgan fingerprint density at radius 2 is 1.89 bits per heavy atom. The minimum atomic E-state index is 0.154. The Morgan fingerprint density at radius 3 is 2.57 bits per heavy atom. The number of hydrogen-bond donors (Lipinski definition) is 0. The number of aromatic nitrogens is 1. The van der Waals surface area contributed by atoms with Crippen molar-refractivity contribution in [3.8, 4) is 6.07 Å². The highest BCUT2D eigenvalue weighted by Crippen LogP contribution is 2.19. The quantitative estimate of drug-likeness (QED) is 0.742. The van der Waals surface area contributed by atoms with Crippen LogP contribution in [0.4, 0.5) is 11.5 Å². The molecule has 6 heteroatoms. The molecule has 3 rings (SSSR count). The fourth-order valence-corrected chi connectivity index (χ4v) is 3.45. The summed E-state index contributed by atoms with van der Waals surface area (Å²) in [6.45, 7) is 6.13. The summed E-state index contributed by atoms with van der Waals surface area (Å²) in [6, 6.07) is 15.9. The van der Waals surface area contributed by atoms with E-state index in [4.69, 9.17) is 0 Å². The van der Waals surface area contributed by atoms with Crippen LogP contribution in [0.5, 0.6) is 0 Å². The molecule has 2 heterocycles. The van der Waals surface area contributed by atoms with E-state index in [9.17, 15) is 10.1 Å². The third-order valence-corrected chi connectivity index (χ3v) is 5.07. The number of carbonyl (C=O) groups is 1. The Bertz CT molecular complexity index is 809. The highest BCUT2D eigenvalue weighted by atomic mass is 16.2. The number of amides is 1. The molecule has 0 aliphatic carbocycles. The van der Waals surface area contributed by atoms with Crippen molar-refractivity contribution < 1.29 is 4.79 Å².